The molecule has 3 aromatic carbocycles. The van der Waals surface area contributed by atoms with E-state index in [2.05, 4.69) is 51.8 Å². The first-order chi connectivity index (χ1) is 21.1. The number of pyridine rings is 1. The van der Waals surface area contributed by atoms with Crippen LogP contribution in [0.3, 0.4) is 0 Å². The fourth-order valence-electron chi connectivity index (χ4n) is 5.89. The maximum atomic E-state index is 12.7. The van der Waals surface area contributed by atoms with Crippen LogP contribution in [0.15, 0.2) is 103 Å². The first-order valence-corrected chi connectivity index (χ1v) is 14.7. The number of fused-ring (bicyclic) bond motifs is 2. The fraction of sp³-hybridized carbons (Fsp3) is 0.200. The standard InChI is InChI=1S/C35H32N6O2/c36-34-33-32(28-12-11-27-13-14-29(38-30(27)22-28)26-9-5-2-6-10-26)39-31(41(33)20-17-37-34)21-24-15-18-40(19-16-24)35(42)43-23-25-7-3-1-4-8-25/h1-14,17,20,22,24H,15-16,18-19,21,23H2,(H2,36,37). The molecule has 0 spiro atoms. The van der Waals surface area contributed by atoms with Crippen molar-refractivity contribution in [1.29, 1.82) is 0 Å². The van der Waals surface area contributed by atoms with E-state index in [0.29, 0.717) is 24.8 Å². The fourth-order valence-corrected chi connectivity index (χ4v) is 5.89. The Hall–Kier alpha value is -5.24. The highest BCUT2D eigenvalue weighted by molar-refractivity contribution is 5.91. The molecule has 0 saturated carbocycles. The van der Waals surface area contributed by atoms with Crippen LogP contribution >= 0.6 is 0 Å². The topological polar surface area (TPSA) is 98.6 Å². The Bertz CT molecular complexity index is 1900. The van der Waals surface area contributed by atoms with Crippen LogP contribution in [0.4, 0.5) is 10.6 Å². The van der Waals surface area contributed by atoms with Gasteiger partial charge in [-0.05, 0) is 36.5 Å². The molecule has 0 unspecified atom stereocenters. The van der Waals surface area contributed by atoms with E-state index in [-0.39, 0.29) is 12.7 Å². The molecule has 1 aliphatic heterocycles. The van der Waals surface area contributed by atoms with Crippen molar-refractivity contribution in [2.75, 3.05) is 18.8 Å². The van der Waals surface area contributed by atoms with Gasteiger partial charge in [0.05, 0.1) is 11.2 Å². The molecule has 8 nitrogen and oxygen atoms in total. The molecule has 4 heterocycles. The molecule has 8 heteroatoms. The van der Waals surface area contributed by atoms with E-state index in [1.165, 1.54) is 0 Å². The molecule has 7 rings (SSSR count). The molecule has 0 atom stereocenters. The summed E-state index contributed by atoms with van der Waals surface area (Å²) in [6, 6.07) is 30.3. The highest BCUT2D eigenvalue weighted by Gasteiger charge is 2.26. The average Bonchev–Trinajstić information content (AvgIpc) is 3.43. The minimum atomic E-state index is -0.255. The van der Waals surface area contributed by atoms with Crippen molar-refractivity contribution in [3.63, 3.8) is 0 Å². The van der Waals surface area contributed by atoms with Gasteiger partial charge in [0.25, 0.3) is 0 Å². The molecule has 6 aromatic rings. The summed E-state index contributed by atoms with van der Waals surface area (Å²) in [6.07, 6.45) is 5.94. The Kier molecular flexibility index (Phi) is 7.17. The summed E-state index contributed by atoms with van der Waals surface area (Å²) in [4.78, 5) is 28.9. The van der Waals surface area contributed by atoms with Crippen molar-refractivity contribution in [2.45, 2.75) is 25.9 Å². The second-order valence-corrected chi connectivity index (χ2v) is 11.1. The van der Waals surface area contributed by atoms with E-state index >= 15 is 0 Å². The number of carbonyl (C=O) groups is 1. The molecule has 1 amide bonds. The zero-order chi connectivity index (χ0) is 29.2. The number of ether oxygens (including phenoxy) is 1. The van der Waals surface area contributed by atoms with Gasteiger partial charge >= 0.3 is 6.09 Å². The highest BCUT2D eigenvalue weighted by Crippen LogP contribution is 2.32. The number of carbonyl (C=O) groups excluding carboxylic acids is 1. The van der Waals surface area contributed by atoms with Crippen LogP contribution in [0.5, 0.6) is 0 Å². The Morgan fingerprint density at radius 1 is 0.884 bits per heavy atom. The number of likely N-dealkylation sites (tertiary alicyclic amines) is 1. The van der Waals surface area contributed by atoms with Crippen LogP contribution in [0.2, 0.25) is 0 Å². The van der Waals surface area contributed by atoms with Crippen LogP contribution in [0.1, 0.15) is 24.2 Å². The number of hydrogen-bond acceptors (Lipinski definition) is 6. The van der Waals surface area contributed by atoms with Crippen LogP contribution in [-0.4, -0.2) is 43.4 Å². The third-order valence-electron chi connectivity index (χ3n) is 8.24. The number of imidazole rings is 1. The largest absolute Gasteiger partial charge is 0.445 e. The van der Waals surface area contributed by atoms with Gasteiger partial charge in [-0.25, -0.2) is 19.7 Å². The summed E-state index contributed by atoms with van der Waals surface area (Å²) in [6.45, 7) is 1.62. The lowest BCUT2D eigenvalue weighted by Crippen LogP contribution is -2.39. The summed E-state index contributed by atoms with van der Waals surface area (Å²) in [5.74, 6) is 1.77. The summed E-state index contributed by atoms with van der Waals surface area (Å²) < 4.78 is 7.62. The number of rotatable bonds is 6. The number of hydrogen-bond donors (Lipinski definition) is 1. The number of nitrogen functional groups attached to an aromatic ring is 1. The van der Waals surface area contributed by atoms with Crippen molar-refractivity contribution in [2.24, 2.45) is 5.92 Å². The van der Waals surface area contributed by atoms with E-state index in [0.717, 1.165) is 69.6 Å². The highest BCUT2D eigenvalue weighted by atomic mass is 16.6. The van der Waals surface area contributed by atoms with Gasteiger partial charge in [-0.1, -0.05) is 78.9 Å². The van der Waals surface area contributed by atoms with E-state index in [9.17, 15) is 4.79 Å². The number of nitrogens with two attached hydrogens (primary N) is 1. The smallest absolute Gasteiger partial charge is 0.410 e. The maximum absolute atomic E-state index is 12.7. The zero-order valence-electron chi connectivity index (χ0n) is 23.8. The molecule has 3 aromatic heterocycles. The molecule has 2 N–H and O–H groups in total. The van der Waals surface area contributed by atoms with Crippen LogP contribution < -0.4 is 5.73 Å². The lowest BCUT2D eigenvalue weighted by molar-refractivity contribution is 0.0821. The minimum absolute atomic E-state index is 0.255. The van der Waals surface area contributed by atoms with Gasteiger partial charge in [0.15, 0.2) is 0 Å². The number of benzene rings is 3. The van der Waals surface area contributed by atoms with Crippen LogP contribution in [0.25, 0.3) is 38.9 Å². The van der Waals surface area contributed by atoms with Gasteiger partial charge in [-0.15, -0.1) is 0 Å². The number of anilines is 1. The summed E-state index contributed by atoms with van der Waals surface area (Å²) in [7, 11) is 0. The van der Waals surface area contributed by atoms with E-state index in [1.54, 1.807) is 6.20 Å². The van der Waals surface area contributed by atoms with Crippen molar-refractivity contribution in [1.82, 2.24) is 24.3 Å². The Morgan fingerprint density at radius 3 is 2.42 bits per heavy atom. The minimum Gasteiger partial charge on any atom is -0.445 e. The molecule has 214 valence electrons. The van der Waals surface area contributed by atoms with Gasteiger partial charge in [-0.3, -0.25) is 4.40 Å². The molecule has 43 heavy (non-hydrogen) atoms. The zero-order valence-corrected chi connectivity index (χ0v) is 23.8. The number of piperidine rings is 1. The third kappa shape index (κ3) is 5.51. The van der Waals surface area contributed by atoms with Gasteiger partial charge in [0, 0.05) is 48.4 Å². The van der Waals surface area contributed by atoms with Gasteiger partial charge in [0.1, 0.15) is 29.5 Å². The number of aromatic nitrogens is 4. The van der Waals surface area contributed by atoms with E-state index in [4.69, 9.17) is 20.4 Å². The summed E-state index contributed by atoms with van der Waals surface area (Å²) in [5.41, 5.74) is 12.9. The molecular weight excluding hydrogens is 536 g/mol. The summed E-state index contributed by atoms with van der Waals surface area (Å²) >= 11 is 0. The van der Waals surface area contributed by atoms with E-state index < -0.39 is 0 Å². The van der Waals surface area contributed by atoms with Gasteiger partial charge < -0.3 is 15.4 Å². The Balaban J connectivity index is 1.10. The quantitative estimate of drug-likeness (QED) is 0.238. The number of amides is 1. The molecule has 0 bridgehead atoms. The second-order valence-electron chi connectivity index (χ2n) is 11.1. The lowest BCUT2D eigenvalue weighted by Gasteiger charge is -2.31. The molecule has 1 saturated heterocycles. The van der Waals surface area contributed by atoms with E-state index in [1.807, 2.05) is 59.6 Å². The van der Waals surface area contributed by atoms with Crippen LogP contribution in [0, 0.1) is 5.92 Å². The van der Waals surface area contributed by atoms with Crippen molar-refractivity contribution >= 4 is 28.3 Å². The predicted octanol–water partition coefficient (Wildman–Crippen LogP) is 6.79. The third-order valence-corrected chi connectivity index (χ3v) is 8.24. The first kappa shape index (κ1) is 26.6. The molecule has 1 fully saturated rings. The Morgan fingerprint density at radius 2 is 1.63 bits per heavy atom. The average molecular weight is 569 g/mol. The molecular formula is C35H32N6O2. The van der Waals surface area contributed by atoms with Crippen LogP contribution in [-0.2, 0) is 17.8 Å². The lowest BCUT2D eigenvalue weighted by atomic mass is 9.93. The molecule has 0 radical (unpaired) electrons. The van der Waals surface area contributed by atoms with Crippen molar-refractivity contribution in [3.8, 4) is 22.5 Å². The van der Waals surface area contributed by atoms with Gasteiger partial charge in [-0.2, -0.15) is 0 Å². The van der Waals surface area contributed by atoms with Crippen molar-refractivity contribution in [3.05, 3.63) is 115 Å². The molecule has 0 aliphatic carbocycles. The predicted molar refractivity (Wildman–Crippen MR) is 168 cm³/mol. The first-order valence-electron chi connectivity index (χ1n) is 14.7. The second kappa shape index (κ2) is 11.6. The van der Waals surface area contributed by atoms with Crippen molar-refractivity contribution < 1.29 is 9.53 Å². The normalized spacial score (nSPS) is 13.9. The molecule has 1 aliphatic rings. The Labute approximate surface area is 249 Å². The summed E-state index contributed by atoms with van der Waals surface area (Å²) in [5, 5.41) is 1.06. The monoisotopic (exact) mass is 568 g/mol. The SMILES string of the molecule is Nc1nccn2c(CC3CCN(C(=O)OCc4ccccc4)CC3)nc(-c3ccc4ccc(-c5ccccc5)nc4c3)c12. The maximum Gasteiger partial charge on any atom is 0.410 e. The van der Waals surface area contributed by atoms with Gasteiger partial charge in [0.2, 0.25) is 0 Å². The number of nitrogens with zero attached hydrogens (tertiary/aromatic N) is 5.